The fourth-order valence-electron chi connectivity index (χ4n) is 1.31. The van der Waals surface area contributed by atoms with Crippen molar-refractivity contribution in [1.29, 1.82) is 0 Å². The Bertz CT molecular complexity index is 509. The van der Waals surface area contributed by atoms with Gasteiger partial charge in [-0.2, -0.15) is 0 Å². The van der Waals surface area contributed by atoms with E-state index in [9.17, 15) is 14.4 Å². The summed E-state index contributed by atoms with van der Waals surface area (Å²) in [5.74, 6) is -1.60. The SMILES string of the molecule is CC(=O)N(I)c1cc(C(=O)O)cc(N(I)C(C)=O)c1. The molecule has 0 aliphatic carbocycles. The maximum Gasteiger partial charge on any atom is 0.335 e. The van der Waals surface area contributed by atoms with Crippen molar-refractivity contribution in [2.75, 3.05) is 6.23 Å². The molecule has 1 rings (SSSR count). The number of halogens is 2. The van der Waals surface area contributed by atoms with Crippen LogP contribution in [0.15, 0.2) is 18.2 Å². The third-order valence-corrected chi connectivity index (χ3v) is 4.63. The molecule has 0 aromatic heterocycles. The first-order valence-electron chi connectivity index (χ1n) is 5.05. The Balaban J connectivity index is 3.37. The molecule has 0 spiro atoms. The zero-order chi connectivity index (χ0) is 14.7. The van der Waals surface area contributed by atoms with Crippen molar-refractivity contribution in [2.45, 2.75) is 13.8 Å². The van der Waals surface area contributed by atoms with E-state index in [1.165, 1.54) is 32.2 Å². The summed E-state index contributed by atoms with van der Waals surface area (Å²) in [5, 5.41) is 9.06. The van der Waals surface area contributed by atoms with Crippen LogP contribution in [-0.4, -0.2) is 22.9 Å². The van der Waals surface area contributed by atoms with Crippen LogP contribution in [0.25, 0.3) is 0 Å². The van der Waals surface area contributed by atoms with Crippen molar-refractivity contribution in [2.24, 2.45) is 0 Å². The largest absolute Gasteiger partial charge is 0.478 e. The van der Waals surface area contributed by atoms with E-state index < -0.39 is 5.97 Å². The lowest BCUT2D eigenvalue weighted by molar-refractivity contribution is -0.115. The molecule has 0 fully saturated rings. The summed E-state index contributed by atoms with van der Waals surface area (Å²) >= 11 is 3.56. The Morgan fingerprint density at radius 3 is 1.58 bits per heavy atom. The summed E-state index contributed by atoms with van der Waals surface area (Å²) in [7, 11) is 0. The molecule has 0 atom stereocenters. The Hall–Kier alpha value is -0.910. The van der Waals surface area contributed by atoms with Crippen LogP contribution in [0.4, 0.5) is 11.4 Å². The molecule has 0 bridgehead atoms. The molecule has 0 aliphatic rings. The van der Waals surface area contributed by atoms with E-state index in [0.29, 0.717) is 11.4 Å². The van der Waals surface area contributed by atoms with Crippen LogP contribution in [0.3, 0.4) is 0 Å². The summed E-state index contributed by atoms with van der Waals surface area (Å²) in [5.41, 5.74) is 0.829. The topological polar surface area (TPSA) is 77.9 Å². The number of aromatic carboxylic acids is 1. The maximum absolute atomic E-state index is 11.3. The van der Waals surface area contributed by atoms with E-state index in [4.69, 9.17) is 5.11 Å². The van der Waals surface area contributed by atoms with Crippen LogP contribution in [0, 0.1) is 0 Å². The molecule has 19 heavy (non-hydrogen) atoms. The van der Waals surface area contributed by atoms with Gasteiger partial charge < -0.3 is 5.11 Å². The third kappa shape index (κ3) is 4.03. The molecule has 2 amide bonds. The first kappa shape index (κ1) is 16.1. The van der Waals surface area contributed by atoms with Crippen molar-refractivity contribution in [3.63, 3.8) is 0 Å². The van der Waals surface area contributed by atoms with Gasteiger partial charge in [-0.1, -0.05) is 0 Å². The summed E-state index contributed by atoms with van der Waals surface area (Å²) < 4.78 is 2.58. The zero-order valence-electron chi connectivity index (χ0n) is 10.1. The predicted molar refractivity (Wildman–Crippen MR) is 87.8 cm³/mol. The van der Waals surface area contributed by atoms with Crippen LogP contribution >= 0.6 is 45.7 Å². The fraction of sp³-hybridized carbons (Fsp3) is 0.182. The second-order valence-corrected chi connectivity index (χ2v) is 5.57. The van der Waals surface area contributed by atoms with Crippen LogP contribution in [0.5, 0.6) is 0 Å². The number of nitrogens with zero attached hydrogens (tertiary/aromatic N) is 2. The summed E-state index contributed by atoms with van der Waals surface area (Å²) in [6.07, 6.45) is 0. The standard InChI is InChI=1S/C11H10I2N2O4/c1-6(16)14(12)9-3-8(11(18)19)4-10(5-9)15(13)7(2)17/h3-5H,1-2H3,(H,18,19). The van der Waals surface area contributed by atoms with Crippen molar-refractivity contribution in [1.82, 2.24) is 0 Å². The molecule has 0 radical (unpaired) electrons. The lowest BCUT2D eigenvalue weighted by Gasteiger charge is -2.18. The zero-order valence-corrected chi connectivity index (χ0v) is 14.4. The Labute approximate surface area is 137 Å². The second kappa shape index (κ2) is 6.50. The van der Waals surface area contributed by atoms with Gasteiger partial charge in [-0.05, 0) is 18.2 Å². The summed E-state index contributed by atoms with van der Waals surface area (Å²) in [6, 6.07) is 4.34. The highest BCUT2D eigenvalue weighted by Gasteiger charge is 2.17. The van der Waals surface area contributed by atoms with Crippen molar-refractivity contribution in [3.8, 4) is 0 Å². The normalized spacial score (nSPS) is 9.89. The van der Waals surface area contributed by atoms with Crippen molar-refractivity contribution >= 4 is 74.9 Å². The lowest BCUT2D eigenvalue weighted by atomic mass is 10.1. The number of carboxylic acids is 1. The van der Waals surface area contributed by atoms with Gasteiger partial charge in [0, 0.05) is 13.8 Å². The summed E-state index contributed by atoms with van der Waals surface area (Å²) in [4.78, 5) is 33.7. The number of benzene rings is 1. The Morgan fingerprint density at radius 2 is 1.32 bits per heavy atom. The maximum atomic E-state index is 11.3. The molecule has 6 nitrogen and oxygen atoms in total. The number of anilines is 2. The van der Waals surface area contributed by atoms with Gasteiger partial charge >= 0.3 is 5.97 Å². The number of carbonyl (C=O) groups is 3. The minimum Gasteiger partial charge on any atom is -0.478 e. The molecule has 0 heterocycles. The van der Waals surface area contributed by atoms with E-state index in [0.717, 1.165) is 0 Å². The minimum atomic E-state index is -1.12. The first-order valence-corrected chi connectivity index (χ1v) is 6.98. The van der Waals surface area contributed by atoms with Crippen LogP contribution in [-0.2, 0) is 9.59 Å². The van der Waals surface area contributed by atoms with Gasteiger partial charge in [0.25, 0.3) is 0 Å². The number of amides is 2. The molecular formula is C11H10I2N2O4. The van der Waals surface area contributed by atoms with Gasteiger partial charge in [0.2, 0.25) is 11.8 Å². The Morgan fingerprint density at radius 1 is 0.947 bits per heavy atom. The average Bonchev–Trinajstić information content (AvgIpc) is 2.35. The van der Waals surface area contributed by atoms with Gasteiger partial charge in [-0.3, -0.25) is 15.8 Å². The molecule has 102 valence electrons. The highest BCUT2D eigenvalue weighted by Crippen LogP contribution is 2.29. The smallest absolute Gasteiger partial charge is 0.335 e. The van der Waals surface area contributed by atoms with E-state index in [2.05, 4.69) is 0 Å². The van der Waals surface area contributed by atoms with Crippen molar-refractivity contribution < 1.29 is 19.5 Å². The number of carbonyl (C=O) groups excluding carboxylic acids is 2. The van der Waals surface area contributed by atoms with E-state index in [-0.39, 0.29) is 17.4 Å². The quantitative estimate of drug-likeness (QED) is 0.525. The second-order valence-electron chi connectivity index (χ2n) is 3.64. The molecule has 0 saturated carbocycles. The van der Waals surface area contributed by atoms with E-state index >= 15 is 0 Å². The predicted octanol–water partition coefficient (Wildman–Crippen LogP) is 2.79. The van der Waals surface area contributed by atoms with E-state index in [1.54, 1.807) is 51.8 Å². The molecule has 0 unspecified atom stereocenters. The van der Waals surface area contributed by atoms with Crippen molar-refractivity contribution in [3.05, 3.63) is 23.8 Å². The number of carboxylic acid groups (broad SMARTS) is 1. The lowest BCUT2D eigenvalue weighted by Crippen LogP contribution is -2.19. The molecule has 1 aromatic carbocycles. The fourth-order valence-corrected chi connectivity index (χ4v) is 1.87. The average molecular weight is 488 g/mol. The van der Waals surface area contributed by atoms with Crippen LogP contribution in [0.1, 0.15) is 24.2 Å². The minimum absolute atomic E-state index is 0.0123. The molecule has 0 saturated heterocycles. The molecule has 0 aliphatic heterocycles. The van der Waals surface area contributed by atoms with E-state index in [1.807, 2.05) is 0 Å². The monoisotopic (exact) mass is 488 g/mol. The number of rotatable bonds is 3. The van der Waals surface area contributed by atoms with Crippen LogP contribution < -0.4 is 6.23 Å². The first-order chi connectivity index (χ1) is 8.73. The third-order valence-electron chi connectivity index (χ3n) is 2.16. The van der Waals surface area contributed by atoms with Gasteiger partial charge in [-0.15, -0.1) is 0 Å². The Kier molecular flexibility index (Phi) is 5.52. The molecule has 1 aromatic rings. The number of hydrogen-bond donors (Lipinski definition) is 1. The van der Waals surface area contributed by atoms with Gasteiger partial charge in [0.05, 0.1) is 62.7 Å². The van der Waals surface area contributed by atoms with Gasteiger partial charge in [0.15, 0.2) is 0 Å². The van der Waals surface area contributed by atoms with Gasteiger partial charge in [0.1, 0.15) is 0 Å². The summed E-state index contributed by atoms with van der Waals surface area (Å²) in [6.45, 7) is 2.73. The van der Waals surface area contributed by atoms with Crippen LogP contribution in [0.2, 0.25) is 0 Å². The van der Waals surface area contributed by atoms with Gasteiger partial charge in [-0.25, -0.2) is 4.79 Å². The highest BCUT2D eigenvalue weighted by atomic mass is 127. The molecule has 8 heteroatoms. The molecule has 1 N–H and O–H groups in total. The number of hydrogen-bond acceptors (Lipinski definition) is 3. The highest BCUT2D eigenvalue weighted by molar-refractivity contribution is 14.1. The molecular weight excluding hydrogens is 478 g/mol.